The molecule has 1 aromatic carbocycles. The van der Waals surface area contributed by atoms with Crippen LogP contribution in [-0.4, -0.2) is 29.2 Å². The van der Waals surface area contributed by atoms with E-state index in [2.05, 4.69) is 27.2 Å². The third kappa shape index (κ3) is 3.82. The van der Waals surface area contributed by atoms with E-state index in [0.29, 0.717) is 12.3 Å². The second-order valence-electron chi connectivity index (χ2n) is 5.77. The van der Waals surface area contributed by atoms with Crippen LogP contribution in [0.4, 0.5) is 5.13 Å². The van der Waals surface area contributed by atoms with Gasteiger partial charge in [0.05, 0.1) is 0 Å². The Hall–Kier alpha value is -1.95. The molecular weight excluding hydrogens is 296 g/mol. The smallest absolute Gasteiger partial charge is 0.217 e. The monoisotopic (exact) mass is 316 g/mol. The third-order valence-corrected chi connectivity index (χ3v) is 4.92. The number of anilines is 1. The number of benzene rings is 1. The molecule has 0 unspecified atom stereocenters. The summed E-state index contributed by atoms with van der Waals surface area (Å²) in [6, 6.07) is 10.3. The van der Waals surface area contributed by atoms with Gasteiger partial charge in [-0.05, 0) is 24.3 Å². The number of hydrogen-bond acceptors (Lipinski definition) is 5. The van der Waals surface area contributed by atoms with Crippen molar-refractivity contribution in [3.05, 3.63) is 40.9 Å². The van der Waals surface area contributed by atoms with Crippen LogP contribution in [0.1, 0.15) is 29.8 Å². The molecule has 3 rings (SSSR count). The minimum atomic E-state index is -0.214. The van der Waals surface area contributed by atoms with E-state index in [9.17, 15) is 4.79 Å². The van der Waals surface area contributed by atoms with Gasteiger partial charge in [0.2, 0.25) is 11.0 Å². The van der Waals surface area contributed by atoms with Gasteiger partial charge in [-0.2, -0.15) is 0 Å². The van der Waals surface area contributed by atoms with Crippen LogP contribution in [0.3, 0.4) is 0 Å². The Balaban J connectivity index is 1.64. The van der Waals surface area contributed by atoms with Crippen molar-refractivity contribution in [3.63, 3.8) is 0 Å². The van der Waals surface area contributed by atoms with Crippen molar-refractivity contribution in [1.82, 2.24) is 10.2 Å². The van der Waals surface area contributed by atoms with E-state index < -0.39 is 0 Å². The molecule has 2 aromatic rings. The van der Waals surface area contributed by atoms with Gasteiger partial charge in [-0.25, -0.2) is 0 Å². The lowest BCUT2D eigenvalue weighted by molar-refractivity contribution is -0.118. The summed E-state index contributed by atoms with van der Waals surface area (Å²) < 4.78 is 0. The lowest BCUT2D eigenvalue weighted by Gasteiger charge is -2.31. The van der Waals surface area contributed by atoms with Crippen molar-refractivity contribution in [3.8, 4) is 0 Å². The van der Waals surface area contributed by atoms with Gasteiger partial charge in [0.15, 0.2) is 0 Å². The van der Waals surface area contributed by atoms with Crippen molar-refractivity contribution in [2.45, 2.75) is 25.7 Å². The topological polar surface area (TPSA) is 72.1 Å². The first kappa shape index (κ1) is 15.0. The minimum Gasteiger partial charge on any atom is -0.370 e. The lowest BCUT2D eigenvalue weighted by Crippen LogP contribution is -2.37. The highest BCUT2D eigenvalue weighted by Gasteiger charge is 2.23. The second-order valence-corrected chi connectivity index (χ2v) is 6.81. The fraction of sp³-hybridized carbons (Fsp3) is 0.438. The summed E-state index contributed by atoms with van der Waals surface area (Å²) in [6.45, 7) is 1.83. The molecule has 5 nitrogen and oxygen atoms in total. The van der Waals surface area contributed by atoms with Gasteiger partial charge in [0.1, 0.15) is 5.01 Å². The van der Waals surface area contributed by atoms with Crippen molar-refractivity contribution in [1.29, 1.82) is 0 Å². The summed E-state index contributed by atoms with van der Waals surface area (Å²) in [7, 11) is 0. The van der Waals surface area contributed by atoms with E-state index in [1.807, 2.05) is 18.2 Å². The standard InChI is InChI=1S/C16H20N4OS/c17-14(21)9-13-7-4-8-20(11-13)16-19-18-15(22-16)10-12-5-2-1-3-6-12/h1-3,5-6,13H,4,7-11H2,(H2,17,21)/t13-/m1/s1. The third-order valence-electron chi connectivity index (χ3n) is 3.93. The number of hydrogen-bond donors (Lipinski definition) is 1. The van der Waals surface area contributed by atoms with E-state index in [0.717, 1.165) is 42.5 Å². The Kier molecular flexibility index (Phi) is 4.68. The molecule has 6 heteroatoms. The Morgan fingerprint density at radius 3 is 2.91 bits per heavy atom. The first-order valence-electron chi connectivity index (χ1n) is 7.60. The predicted octanol–water partition coefficient (Wildman–Crippen LogP) is 2.22. The summed E-state index contributed by atoms with van der Waals surface area (Å²) >= 11 is 1.64. The van der Waals surface area contributed by atoms with Gasteiger partial charge in [-0.15, -0.1) is 10.2 Å². The summed E-state index contributed by atoms with van der Waals surface area (Å²) in [5, 5.41) is 10.6. The summed E-state index contributed by atoms with van der Waals surface area (Å²) in [5.74, 6) is 0.126. The van der Waals surface area contributed by atoms with Gasteiger partial charge < -0.3 is 10.6 Å². The van der Waals surface area contributed by atoms with E-state index in [1.54, 1.807) is 11.3 Å². The molecule has 1 saturated heterocycles. The summed E-state index contributed by atoms with van der Waals surface area (Å²) in [6.07, 6.45) is 3.42. The molecule has 1 fully saturated rings. The number of aromatic nitrogens is 2. The van der Waals surface area contributed by atoms with Gasteiger partial charge in [0.25, 0.3) is 0 Å². The van der Waals surface area contributed by atoms with E-state index in [1.165, 1.54) is 5.56 Å². The average Bonchev–Trinajstić information content (AvgIpc) is 2.96. The van der Waals surface area contributed by atoms with Gasteiger partial charge in [-0.3, -0.25) is 4.79 Å². The highest BCUT2D eigenvalue weighted by molar-refractivity contribution is 7.15. The predicted molar refractivity (Wildman–Crippen MR) is 87.9 cm³/mol. The minimum absolute atomic E-state index is 0.214. The molecule has 116 valence electrons. The molecule has 22 heavy (non-hydrogen) atoms. The number of carbonyl (C=O) groups excluding carboxylic acids is 1. The zero-order chi connectivity index (χ0) is 15.4. The van der Waals surface area contributed by atoms with Crippen LogP contribution < -0.4 is 10.6 Å². The average molecular weight is 316 g/mol. The number of carbonyl (C=O) groups is 1. The normalized spacial score (nSPS) is 18.4. The molecule has 1 aromatic heterocycles. The molecule has 0 radical (unpaired) electrons. The summed E-state index contributed by atoms with van der Waals surface area (Å²) in [5.41, 5.74) is 6.56. The van der Waals surface area contributed by atoms with E-state index in [-0.39, 0.29) is 5.91 Å². The maximum atomic E-state index is 11.1. The molecule has 0 spiro atoms. The Bertz CT molecular complexity index is 628. The molecule has 0 saturated carbocycles. The van der Waals surface area contributed by atoms with Gasteiger partial charge in [-0.1, -0.05) is 41.7 Å². The van der Waals surface area contributed by atoms with Crippen molar-refractivity contribution in [2.24, 2.45) is 11.7 Å². The van der Waals surface area contributed by atoms with Crippen LogP contribution in [0.15, 0.2) is 30.3 Å². The zero-order valence-corrected chi connectivity index (χ0v) is 13.3. The largest absolute Gasteiger partial charge is 0.370 e. The van der Waals surface area contributed by atoms with Crippen LogP contribution >= 0.6 is 11.3 Å². The maximum Gasteiger partial charge on any atom is 0.217 e. The Labute approximate surface area is 134 Å². The van der Waals surface area contributed by atoms with E-state index >= 15 is 0 Å². The van der Waals surface area contributed by atoms with Gasteiger partial charge in [0, 0.05) is 25.9 Å². The summed E-state index contributed by atoms with van der Waals surface area (Å²) in [4.78, 5) is 13.3. The highest BCUT2D eigenvalue weighted by Crippen LogP contribution is 2.28. The molecule has 0 aliphatic carbocycles. The molecule has 1 aliphatic rings. The number of nitrogens with two attached hydrogens (primary N) is 1. The highest BCUT2D eigenvalue weighted by atomic mass is 32.1. The number of primary amides is 1. The van der Waals surface area contributed by atoms with Crippen LogP contribution in [0, 0.1) is 5.92 Å². The first-order valence-corrected chi connectivity index (χ1v) is 8.42. The second kappa shape index (κ2) is 6.87. The molecule has 2 heterocycles. The quantitative estimate of drug-likeness (QED) is 0.918. The number of piperidine rings is 1. The molecule has 1 atom stereocenters. The van der Waals surface area contributed by atoms with Crippen molar-refractivity contribution in [2.75, 3.05) is 18.0 Å². The molecule has 0 bridgehead atoms. The molecule has 2 N–H and O–H groups in total. The van der Waals surface area contributed by atoms with E-state index in [4.69, 9.17) is 5.73 Å². The maximum absolute atomic E-state index is 11.1. The Morgan fingerprint density at radius 1 is 1.32 bits per heavy atom. The van der Waals surface area contributed by atoms with Crippen LogP contribution in [0.5, 0.6) is 0 Å². The number of nitrogens with zero attached hydrogens (tertiary/aromatic N) is 3. The molecule has 1 aliphatic heterocycles. The van der Waals surface area contributed by atoms with Crippen LogP contribution in [0.25, 0.3) is 0 Å². The fourth-order valence-electron chi connectivity index (χ4n) is 2.90. The zero-order valence-electron chi connectivity index (χ0n) is 12.4. The van der Waals surface area contributed by atoms with Crippen LogP contribution in [0.2, 0.25) is 0 Å². The first-order chi connectivity index (χ1) is 10.7. The molecule has 1 amide bonds. The fourth-order valence-corrected chi connectivity index (χ4v) is 3.81. The van der Waals surface area contributed by atoms with Gasteiger partial charge >= 0.3 is 0 Å². The van der Waals surface area contributed by atoms with Crippen molar-refractivity contribution < 1.29 is 4.79 Å². The number of rotatable bonds is 5. The number of amides is 1. The van der Waals surface area contributed by atoms with Crippen molar-refractivity contribution >= 4 is 22.4 Å². The Morgan fingerprint density at radius 2 is 2.14 bits per heavy atom. The SMILES string of the molecule is NC(=O)C[C@H]1CCCN(c2nnc(Cc3ccccc3)s2)C1. The molecular formula is C16H20N4OS. The lowest BCUT2D eigenvalue weighted by atomic mass is 9.95. The van der Waals surface area contributed by atoms with Crippen LogP contribution in [-0.2, 0) is 11.2 Å².